The molecule has 9 rings (SSSR count). The van der Waals surface area contributed by atoms with Gasteiger partial charge in [-0.05, 0) is 117 Å². The normalized spacial score (nSPS) is 12.6. The second-order valence-corrected chi connectivity index (χ2v) is 15.5. The topological polar surface area (TPSA) is 50.9 Å². The molecule has 0 aliphatic rings. The minimum Gasteiger partial charge on any atom is -0.507 e. The van der Waals surface area contributed by atoms with Gasteiger partial charge in [0.25, 0.3) is 0 Å². The summed E-state index contributed by atoms with van der Waals surface area (Å²) in [5.41, 5.74) is 14.4. The minimum absolute atomic E-state index is 0.154. The van der Waals surface area contributed by atoms with Crippen molar-refractivity contribution in [2.24, 2.45) is 0 Å². The number of hydrogen-bond donors (Lipinski definition) is 1. The predicted molar refractivity (Wildman–Crippen MR) is 237 cm³/mol. The Labute approximate surface area is 338 Å². The molecule has 0 bridgehead atoms. The fourth-order valence-electron chi connectivity index (χ4n) is 7.72. The van der Waals surface area contributed by atoms with Gasteiger partial charge in [-0.3, -0.25) is 9.55 Å². The quantitative estimate of drug-likeness (QED) is 0.177. The van der Waals surface area contributed by atoms with Crippen LogP contribution in [0.2, 0.25) is 0 Å². The lowest BCUT2D eigenvalue weighted by atomic mass is 9.83. The van der Waals surface area contributed by atoms with E-state index in [4.69, 9.17) is 14.1 Å². The molecule has 0 saturated carbocycles. The molecule has 4 heteroatoms. The molecule has 0 unspecified atom stereocenters. The van der Waals surface area contributed by atoms with E-state index in [2.05, 4.69) is 122 Å². The summed E-state index contributed by atoms with van der Waals surface area (Å²) in [6.45, 7) is 4.53. The van der Waals surface area contributed by atoms with E-state index in [1.165, 1.54) is 0 Å². The molecule has 0 aliphatic carbocycles. The number of phenols is 1. The zero-order valence-electron chi connectivity index (χ0n) is 35.1. The summed E-state index contributed by atoms with van der Waals surface area (Å²) in [7, 11) is 0. The Balaban J connectivity index is 1.26. The molecule has 0 fully saturated rings. The van der Waals surface area contributed by atoms with Gasteiger partial charge in [0, 0.05) is 21.4 Å². The van der Waals surface area contributed by atoms with E-state index in [0.29, 0.717) is 17.0 Å². The zero-order valence-corrected chi connectivity index (χ0v) is 32.1. The SMILES string of the molecule is [2H]C([2H])([2H])c1ccc(-c2ccnc(-c3cc(-c4ccccc4)cc(-c4cccc5c4nc(-c4ccccc4O)n5-c4ccc(-c5ccccc5)cc4C(C)(C)C)c3)c2)cc1. The Kier molecular flexibility index (Phi) is 8.23. The highest BCUT2D eigenvalue weighted by Gasteiger charge is 2.26. The highest BCUT2D eigenvalue weighted by Crippen LogP contribution is 2.42. The molecule has 276 valence electrons. The Morgan fingerprint density at radius 3 is 1.86 bits per heavy atom. The van der Waals surface area contributed by atoms with Gasteiger partial charge in [0.05, 0.1) is 28.0 Å². The van der Waals surface area contributed by atoms with E-state index < -0.39 is 6.85 Å². The Bertz CT molecular complexity index is 3000. The summed E-state index contributed by atoms with van der Waals surface area (Å²) >= 11 is 0. The molecule has 4 nitrogen and oxygen atoms in total. The largest absolute Gasteiger partial charge is 0.507 e. The fraction of sp³-hybridized carbons (Fsp3) is 0.0943. The first kappa shape index (κ1) is 32.2. The molecular formula is C53H43N3O. The van der Waals surface area contributed by atoms with Crippen molar-refractivity contribution in [1.29, 1.82) is 0 Å². The summed E-state index contributed by atoms with van der Waals surface area (Å²) < 4.78 is 25.6. The molecule has 57 heavy (non-hydrogen) atoms. The van der Waals surface area contributed by atoms with Gasteiger partial charge in [-0.25, -0.2) is 4.98 Å². The molecule has 7 aromatic carbocycles. The first-order chi connectivity index (χ1) is 28.9. The summed E-state index contributed by atoms with van der Waals surface area (Å²) in [5.74, 6) is 0.799. The van der Waals surface area contributed by atoms with Gasteiger partial charge in [0.1, 0.15) is 11.6 Å². The van der Waals surface area contributed by atoms with Crippen molar-refractivity contribution in [3.63, 3.8) is 0 Å². The summed E-state index contributed by atoms with van der Waals surface area (Å²) in [6, 6.07) is 58.7. The zero-order chi connectivity index (χ0) is 41.6. The van der Waals surface area contributed by atoms with Gasteiger partial charge in [-0.1, -0.05) is 142 Å². The molecule has 0 spiro atoms. The Morgan fingerprint density at radius 1 is 0.526 bits per heavy atom. The van der Waals surface area contributed by atoms with Crippen LogP contribution in [0.15, 0.2) is 182 Å². The van der Waals surface area contributed by atoms with E-state index in [9.17, 15) is 5.11 Å². The first-order valence-electron chi connectivity index (χ1n) is 20.7. The lowest BCUT2D eigenvalue weighted by molar-refractivity contribution is 0.477. The van der Waals surface area contributed by atoms with Crippen molar-refractivity contribution in [2.45, 2.75) is 33.0 Å². The van der Waals surface area contributed by atoms with E-state index in [1.807, 2.05) is 60.7 Å². The standard InChI is InChI=1S/C53H43N3O/c1-35-22-24-38(25-23-35)40-28-29-54-47(34-40)43-31-41(37-16-9-6-10-17-37)30-42(32-43)44-19-13-20-49-51(44)55-52(45-18-11-12-21-50(45)57)56(49)48-27-26-39(33-46(48)53(2,3)4)36-14-7-5-8-15-36/h5-34,57H,1-4H3/i1D3. The Hall–Kier alpha value is -7.04. The number of phenolic OH excluding ortho intramolecular Hbond substituents is 1. The summed E-state index contributed by atoms with van der Waals surface area (Å²) in [6.07, 6.45) is 1.80. The van der Waals surface area contributed by atoms with Crippen LogP contribution in [0.25, 0.3) is 83.9 Å². The van der Waals surface area contributed by atoms with Crippen molar-refractivity contribution < 1.29 is 9.22 Å². The van der Waals surface area contributed by atoms with Crippen LogP contribution in [0, 0.1) is 6.85 Å². The highest BCUT2D eigenvalue weighted by atomic mass is 16.3. The van der Waals surface area contributed by atoms with Gasteiger partial charge < -0.3 is 5.11 Å². The van der Waals surface area contributed by atoms with E-state index in [0.717, 1.165) is 78.0 Å². The van der Waals surface area contributed by atoms with Crippen LogP contribution in [-0.2, 0) is 5.41 Å². The average Bonchev–Trinajstić information content (AvgIpc) is 3.66. The fourth-order valence-corrected chi connectivity index (χ4v) is 7.72. The maximum atomic E-state index is 11.4. The number of rotatable bonds is 7. The van der Waals surface area contributed by atoms with Crippen LogP contribution in [0.1, 0.15) is 36.0 Å². The molecule has 9 aromatic rings. The second kappa shape index (κ2) is 14.6. The summed E-state index contributed by atoms with van der Waals surface area (Å²) in [4.78, 5) is 10.3. The number of hydrogen-bond acceptors (Lipinski definition) is 3. The van der Waals surface area contributed by atoms with Crippen molar-refractivity contribution in [3.05, 3.63) is 193 Å². The van der Waals surface area contributed by atoms with Crippen LogP contribution in [0.3, 0.4) is 0 Å². The first-order valence-corrected chi connectivity index (χ1v) is 19.2. The number of nitrogens with zero attached hydrogens (tertiary/aromatic N) is 3. The molecule has 0 amide bonds. The molecule has 0 atom stereocenters. The van der Waals surface area contributed by atoms with Crippen molar-refractivity contribution in [1.82, 2.24) is 14.5 Å². The van der Waals surface area contributed by atoms with Gasteiger partial charge in [-0.15, -0.1) is 0 Å². The van der Waals surface area contributed by atoms with Gasteiger partial charge in [-0.2, -0.15) is 0 Å². The van der Waals surface area contributed by atoms with Crippen LogP contribution in [0.4, 0.5) is 0 Å². The van der Waals surface area contributed by atoms with Crippen LogP contribution in [0.5, 0.6) is 5.75 Å². The molecule has 1 N–H and O–H groups in total. The maximum absolute atomic E-state index is 11.4. The molecule has 0 aliphatic heterocycles. The number of aromatic nitrogens is 3. The predicted octanol–water partition coefficient (Wildman–Crippen LogP) is 13.7. The van der Waals surface area contributed by atoms with Crippen molar-refractivity contribution >= 4 is 11.0 Å². The molecule has 2 heterocycles. The molecule has 2 aromatic heterocycles. The van der Waals surface area contributed by atoms with Gasteiger partial charge in [0.2, 0.25) is 0 Å². The third-order valence-corrected chi connectivity index (χ3v) is 10.6. The number of benzene rings is 7. The van der Waals surface area contributed by atoms with E-state index in [1.54, 1.807) is 24.4 Å². The Morgan fingerprint density at radius 2 is 1.14 bits per heavy atom. The minimum atomic E-state index is -2.17. The number of fused-ring (bicyclic) bond motifs is 1. The number of para-hydroxylation sites is 2. The third kappa shape index (κ3) is 6.91. The summed E-state index contributed by atoms with van der Waals surface area (Å²) in [5, 5.41) is 11.4. The average molecular weight is 741 g/mol. The monoisotopic (exact) mass is 740 g/mol. The number of imidazole rings is 1. The molecule has 0 saturated heterocycles. The lowest BCUT2D eigenvalue weighted by Gasteiger charge is -2.25. The lowest BCUT2D eigenvalue weighted by Crippen LogP contribution is -2.16. The van der Waals surface area contributed by atoms with Crippen LogP contribution < -0.4 is 0 Å². The molecular weight excluding hydrogens is 695 g/mol. The van der Waals surface area contributed by atoms with Crippen molar-refractivity contribution in [2.75, 3.05) is 0 Å². The van der Waals surface area contributed by atoms with E-state index >= 15 is 0 Å². The third-order valence-electron chi connectivity index (χ3n) is 10.6. The molecule has 0 radical (unpaired) electrons. The highest BCUT2D eigenvalue weighted by molar-refractivity contribution is 5.98. The van der Waals surface area contributed by atoms with Crippen LogP contribution >= 0.6 is 0 Å². The second-order valence-electron chi connectivity index (χ2n) is 15.5. The smallest absolute Gasteiger partial charge is 0.149 e. The maximum Gasteiger partial charge on any atom is 0.149 e. The van der Waals surface area contributed by atoms with Gasteiger partial charge in [0.15, 0.2) is 0 Å². The van der Waals surface area contributed by atoms with Crippen LogP contribution in [-0.4, -0.2) is 19.6 Å². The number of pyridine rings is 1. The van der Waals surface area contributed by atoms with E-state index in [-0.39, 0.29) is 11.2 Å². The number of aryl methyl sites for hydroxylation is 1. The van der Waals surface area contributed by atoms with Crippen molar-refractivity contribution in [3.8, 4) is 78.6 Å². The number of aromatic hydroxyl groups is 1. The van der Waals surface area contributed by atoms with Gasteiger partial charge >= 0.3 is 0 Å².